The van der Waals surface area contributed by atoms with Crippen LogP contribution in [0.3, 0.4) is 0 Å². The minimum absolute atomic E-state index is 0.0370. The molecule has 0 saturated carbocycles. The number of likely N-dealkylation sites (tertiary alicyclic amines) is 1. The molecular formula is C9H19N3O. The first-order valence-corrected chi connectivity index (χ1v) is 4.74. The van der Waals surface area contributed by atoms with E-state index in [0.29, 0.717) is 0 Å². The Morgan fingerprint density at radius 2 is 2.15 bits per heavy atom. The van der Waals surface area contributed by atoms with Gasteiger partial charge in [-0.15, -0.1) is 0 Å². The zero-order valence-corrected chi connectivity index (χ0v) is 8.63. The fraction of sp³-hybridized carbons (Fsp3) is 0.889. The van der Waals surface area contributed by atoms with Gasteiger partial charge in [0.15, 0.2) is 0 Å². The van der Waals surface area contributed by atoms with Crippen LogP contribution in [-0.4, -0.2) is 28.9 Å². The largest absolute Gasteiger partial charge is 0.293 e. The van der Waals surface area contributed by atoms with E-state index >= 15 is 0 Å². The van der Waals surface area contributed by atoms with Crippen molar-refractivity contribution in [1.82, 2.24) is 10.3 Å². The second kappa shape index (κ2) is 3.64. The number of nitrogens with zero attached hydrogens (tertiary/aromatic N) is 1. The average Bonchev–Trinajstić information content (AvgIpc) is 2.49. The molecule has 1 heterocycles. The summed E-state index contributed by atoms with van der Waals surface area (Å²) in [5.74, 6) is 5.07. The molecule has 1 rings (SSSR count). The van der Waals surface area contributed by atoms with E-state index in [-0.39, 0.29) is 17.5 Å². The van der Waals surface area contributed by atoms with E-state index in [9.17, 15) is 4.79 Å². The van der Waals surface area contributed by atoms with Gasteiger partial charge in [-0.05, 0) is 40.2 Å². The normalized spacial score (nSPS) is 24.8. The van der Waals surface area contributed by atoms with E-state index < -0.39 is 0 Å². The molecule has 0 aliphatic carbocycles. The molecule has 4 nitrogen and oxygen atoms in total. The van der Waals surface area contributed by atoms with Crippen LogP contribution in [0.2, 0.25) is 0 Å². The molecule has 0 aromatic carbocycles. The lowest BCUT2D eigenvalue weighted by Crippen LogP contribution is -2.52. The average molecular weight is 185 g/mol. The van der Waals surface area contributed by atoms with Gasteiger partial charge < -0.3 is 0 Å². The minimum atomic E-state index is -0.0626. The van der Waals surface area contributed by atoms with Crippen LogP contribution in [0.1, 0.15) is 33.6 Å². The Bertz CT molecular complexity index is 198. The van der Waals surface area contributed by atoms with Crippen molar-refractivity contribution >= 4 is 5.91 Å². The fourth-order valence-corrected chi connectivity index (χ4v) is 1.94. The van der Waals surface area contributed by atoms with Gasteiger partial charge in [0.1, 0.15) is 0 Å². The van der Waals surface area contributed by atoms with Crippen LogP contribution in [-0.2, 0) is 4.79 Å². The molecule has 13 heavy (non-hydrogen) atoms. The van der Waals surface area contributed by atoms with E-state index in [1.807, 2.05) is 0 Å². The van der Waals surface area contributed by atoms with E-state index in [1.165, 1.54) is 0 Å². The van der Waals surface area contributed by atoms with Crippen molar-refractivity contribution in [3.05, 3.63) is 0 Å². The minimum Gasteiger partial charge on any atom is -0.293 e. The summed E-state index contributed by atoms with van der Waals surface area (Å²) in [5.41, 5.74) is 2.28. The summed E-state index contributed by atoms with van der Waals surface area (Å²) in [7, 11) is 0. The Morgan fingerprint density at radius 3 is 2.62 bits per heavy atom. The van der Waals surface area contributed by atoms with E-state index in [1.54, 1.807) is 0 Å². The summed E-state index contributed by atoms with van der Waals surface area (Å²) in [6, 6.07) is -0.0370. The van der Waals surface area contributed by atoms with Crippen LogP contribution in [0.5, 0.6) is 0 Å². The molecule has 1 aliphatic heterocycles. The monoisotopic (exact) mass is 185 g/mol. The molecule has 76 valence electrons. The second-order valence-corrected chi connectivity index (χ2v) is 4.53. The highest BCUT2D eigenvalue weighted by atomic mass is 16.2. The summed E-state index contributed by atoms with van der Waals surface area (Å²) in [5, 5.41) is 0. The van der Waals surface area contributed by atoms with Gasteiger partial charge in [0.05, 0.1) is 6.04 Å². The summed E-state index contributed by atoms with van der Waals surface area (Å²) < 4.78 is 0. The molecule has 1 fully saturated rings. The lowest BCUT2D eigenvalue weighted by atomic mass is 10.0. The Labute approximate surface area is 79.4 Å². The van der Waals surface area contributed by atoms with Gasteiger partial charge in [0, 0.05) is 5.54 Å². The predicted molar refractivity (Wildman–Crippen MR) is 51.8 cm³/mol. The van der Waals surface area contributed by atoms with Crippen LogP contribution in [0, 0.1) is 0 Å². The second-order valence-electron chi connectivity index (χ2n) is 4.53. The molecular weight excluding hydrogens is 166 g/mol. The third-order valence-corrected chi connectivity index (χ3v) is 2.56. The van der Waals surface area contributed by atoms with Gasteiger partial charge in [0.25, 0.3) is 5.91 Å². The van der Waals surface area contributed by atoms with Crippen LogP contribution in [0.25, 0.3) is 0 Å². The van der Waals surface area contributed by atoms with Crippen molar-refractivity contribution < 1.29 is 4.79 Å². The Balaban J connectivity index is 2.70. The van der Waals surface area contributed by atoms with Gasteiger partial charge in [-0.3, -0.25) is 15.1 Å². The maximum absolute atomic E-state index is 11.4. The van der Waals surface area contributed by atoms with E-state index in [0.717, 1.165) is 19.4 Å². The molecule has 0 bridgehead atoms. The summed E-state index contributed by atoms with van der Waals surface area (Å²) >= 11 is 0. The van der Waals surface area contributed by atoms with Crippen LogP contribution in [0.15, 0.2) is 0 Å². The zero-order valence-electron chi connectivity index (χ0n) is 8.63. The zero-order chi connectivity index (χ0) is 10.1. The smallest absolute Gasteiger partial charge is 0.251 e. The van der Waals surface area contributed by atoms with Crippen molar-refractivity contribution in [3.8, 4) is 0 Å². The molecule has 0 unspecified atom stereocenters. The van der Waals surface area contributed by atoms with Gasteiger partial charge in [-0.2, -0.15) is 0 Å². The van der Waals surface area contributed by atoms with Crippen molar-refractivity contribution in [3.63, 3.8) is 0 Å². The summed E-state index contributed by atoms with van der Waals surface area (Å²) in [4.78, 5) is 13.6. The molecule has 1 amide bonds. The molecule has 1 aliphatic rings. The molecule has 0 aromatic heterocycles. The first kappa shape index (κ1) is 10.5. The summed E-state index contributed by atoms with van der Waals surface area (Å²) in [6.07, 6.45) is 2.00. The highest BCUT2D eigenvalue weighted by molar-refractivity contribution is 5.81. The summed E-state index contributed by atoms with van der Waals surface area (Å²) in [6.45, 7) is 7.35. The number of nitrogens with two attached hydrogens (primary N) is 1. The molecule has 0 aromatic rings. The molecule has 1 atom stereocenters. The molecule has 0 spiro atoms. The molecule has 3 N–H and O–H groups in total. The highest BCUT2D eigenvalue weighted by Gasteiger charge is 2.36. The predicted octanol–water partition coefficient (Wildman–Crippen LogP) is 0.239. The number of hydrogen-bond acceptors (Lipinski definition) is 3. The van der Waals surface area contributed by atoms with Crippen LogP contribution in [0.4, 0.5) is 0 Å². The number of rotatable bonds is 1. The third kappa shape index (κ3) is 2.19. The molecule has 4 heteroatoms. The topological polar surface area (TPSA) is 58.4 Å². The Kier molecular flexibility index (Phi) is 2.93. The SMILES string of the molecule is CC(C)(C)N1CCC[C@H]1C(=O)NN. The van der Waals surface area contributed by atoms with Gasteiger partial charge in [-0.1, -0.05) is 0 Å². The maximum atomic E-state index is 11.4. The van der Waals surface area contributed by atoms with Crippen LogP contribution >= 0.6 is 0 Å². The number of hydrogen-bond donors (Lipinski definition) is 2. The van der Waals surface area contributed by atoms with Gasteiger partial charge in [-0.25, -0.2) is 5.84 Å². The quantitative estimate of drug-likeness (QED) is 0.349. The van der Waals surface area contributed by atoms with E-state index in [4.69, 9.17) is 5.84 Å². The number of carbonyl (C=O) groups excluding carboxylic acids is 1. The van der Waals surface area contributed by atoms with E-state index in [2.05, 4.69) is 31.1 Å². The van der Waals surface area contributed by atoms with Crippen molar-refractivity contribution in [2.45, 2.75) is 45.2 Å². The van der Waals surface area contributed by atoms with Crippen LogP contribution < -0.4 is 11.3 Å². The molecule has 1 saturated heterocycles. The Hall–Kier alpha value is -0.610. The van der Waals surface area contributed by atoms with Gasteiger partial charge in [0.2, 0.25) is 0 Å². The number of carbonyl (C=O) groups is 1. The lowest BCUT2D eigenvalue weighted by molar-refractivity contribution is -0.127. The number of amides is 1. The van der Waals surface area contributed by atoms with Gasteiger partial charge >= 0.3 is 0 Å². The van der Waals surface area contributed by atoms with Crippen molar-refractivity contribution in [1.29, 1.82) is 0 Å². The van der Waals surface area contributed by atoms with Crippen molar-refractivity contribution in [2.24, 2.45) is 5.84 Å². The lowest BCUT2D eigenvalue weighted by Gasteiger charge is -2.35. The highest BCUT2D eigenvalue weighted by Crippen LogP contribution is 2.26. The molecule has 0 radical (unpaired) electrons. The standard InChI is InChI=1S/C9H19N3O/c1-9(2,3)12-6-4-5-7(12)8(13)11-10/h7H,4-6,10H2,1-3H3,(H,11,13)/t7-/m0/s1. The number of hydrazine groups is 1. The maximum Gasteiger partial charge on any atom is 0.251 e. The first-order chi connectivity index (χ1) is 5.96. The van der Waals surface area contributed by atoms with Crippen molar-refractivity contribution in [2.75, 3.05) is 6.54 Å². The number of nitrogens with one attached hydrogen (secondary N) is 1. The fourth-order valence-electron chi connectivity index (χ4n) is 1.94. The third-order valence-electron chi connectivity index (χ3n) is 2.56. The first-order valence-electron chi connectivity index (χ1n) is 4.74. The Morgan fingerprint density at radius 1 is 1.54 bits per heavy atom.